The largest absolute Gasteiger partial charge is 0.480 e. The van der Waals surface area contributed by atoms with Gasteiger partial charge in [0.2, 0.25) is 0 Å². The van der Waals surface area contributed by atoms with E-state index in [9.17, 15) is 9.59 Å². The first-order valence-electron chi connectivity index (χ1n) is 10.6. The van der Waals surface area contributed by atoms with E-state index in [1.54, 1.807) is 0 Å². The summed E-state index contributed by atoms with van der Waals surface area (Å²) in [5, 5.41) is 26.3. The fourth-order valence-corrected chi connectivity index (χ4v) is 4.63. The Kier molecular flexibility index (Phi) is 5.16. The zero-order valence-electron chi connectivity index (χ0n) is 17.3. The van der Waals surface area contributed by atoms with E-state index < -0.39 is 24.0 Å². The molecular formula is C24H24N4O4. The highest BCUT2D eigenvalue weighted by atomic mass is 16.4. The Morgan fingerprint density at radius 3 is 1.50 bits per heavy atom. The number of hydrogen-bond donors (Lipinski definition) is 6. The number of H-pyrrole nitrogens is 2. The highest BCUT2D eigenvalue weighted by Crippen LogP contribution is 2.27. The van der Waals surface area contributed by atoms with Gasteiger partial charge in [-0.1, -0.05) is 36.4 Å². The van der Waals surface area contributed by atoms with Crippen LogP contribution in [0.4, 0.5) is 0 Å². The molecule has 0 saturated heterocycles. The number of para-hydroxylation sites is 2. The minimum absolute atomic E-state index is 0.466. The van der Waals surface area contributed by atoms with Crippen LogP contribution in [0.15, 0.2) is 48.5 Å². The van der Waals surface area contributed by atoms with Crippen molar-refractivity contribution in [1.29, 1.82) is 0 Å². The van der Waals surface area contributed by atoms with E-state index >= 15 is 0 Å². The normalized spacial score (nSPS) is 19.6. The number of carbonyl (C=O) groups is 2. The SMILES string of the molecule is O=C(O)C1Cc2c([nH]c3ccccc23)CN1.O=C(O)C1Cc2c([nH]c3ccccc23)CN1. The van der Waals surface area contributed by atoms with Gasteiger partial charge in [-0.2, -0.15) is 0 Å². The summed E-state index contributed by atoms with van der Waals surface area (Å²) >= 11 is 0. The summed E-state index contributed by atoms with van der Waals surface area (Å²) in [6.45, 7) is 1.20. The Labute approximate surface area is 183 Å². The molecule has 0 aliphatic carbocycles. The number of rotatable bonds is 2. The maximum absolute atomic E-state index is 10.9. The van der Waals surface area contributed by atoms with Crippen LogP contribution in [0, 0.1) is 0 Å². The van der Waals surface area contributed by atoms with Crippen molar-refractivity contribution in [3.63, 3.8) is 0 Å². The minimum atomic E-state index is -0.782. The molecule has 2 atom stereocenters. The van der Waals surface area contributed by atoms with E-state index in [1.807, 2.05) is 48.5 Å². The molecule has 0 bridgehead atoms. The van der Waals surface area contributed by atoms with Crippen LogP contribution >= 0.6 is 0 Å². The molecule has 164 valence electrons. The van der Waals surface area contributed by atoms with Crippen LogP contribution in [0.5, 0.6) is 0 Å². The van der Waals surface area contributed by atoms with Crippen molar-refractivity contribution in [3.05, 3.63) is 71.0 Å². The van der Waals surface area contributed by atoms with Gasteiger partial charge in [-0.15, -0.1) is 0 Å². The average Bonchev–Trinajstić information content (AvgIpc) is 3.36. The smallest absolute Gasteiger partial charge is 0.321 e. The van der Waals surface area contributed by atoms with Gasteiger partial charge in [0.1, 0.15) is 12.1 Å². The molecule has 2 unspecified atom stereocenters. The van der Waals surface area contributed by atoms with Crippen LogP contribution in [0.25, 0.3) is 21.8 Å². The second kappa shape index (κ2) is 8.14. The van der Waals surface area contributed by atoms with E-state index in [0.717, 1.165) is 44.3 Å². The first-order chi connectivity index (χ1) is 15.5. The molecule has 0 amide bonds. The Balaban J connectivity index is 0.000000135. The predicted octanol–water partition coefficient (Wildman–Crippen LogP) is 2.53. The third-order valence-electron chi connectivity index (χ3n) is 6.27. The summed E-state index contributed by atoms with van der Waals surface area (Å²) in [6.07, 6.45) is 1.10. The molecule has 6 N–H and O–H groups in total. The lowest BCUT2D eigenvalue weighted by atomic mass is 9.99. The van der Waals surface area contributed by atoms with Crippen molar-refractivity contribution in [2.75, 3.05) is 0 Å². The van der Waals surface area contributed by atoms with E-state index in [4.69, 9.17) is 10.2 Å². The molecule has 6 rings (SSSR count). The van der Waals surface area contributed by atoms with Crippen molar-refractivity contribution in [2.24, 2.45) is 0 Å². The highest BCUT2D eigenvalue weighted by molar-refractivity contribution is 5.87. The van der Waals surface area contributed by atoms with Gasteiger partial charge in [0.25, 0.3) is 0 Å². The number of hydrogen-bond acceptors (Lipinski definition) is 4. The molecule has 0 radical (unpaired) electrons. The molecule has 2 aliphatic rings. The van der Waals surface area contributed by atoms with Crippen molar-refractivity contribution < 1.29 is 19.8 Å². The second-order valence-electron chi connectivity index (χ2n) is 8.21. The summed E-state index contributed by atoms with van der Waals surface area (Å²) in [5.74, 6) is -1.56. The van der Waals surface area contributed by atoms with Gasteiger partial charge in [0.05, 0.1) is 0 Å². The Morgan fingerprint density at radius 1 is 0.688 bits per heavy atom. The van der Waals surface area contributed by atoms with Crippen LogP contribution in [0.2, 0.25) is 0 Å². The van der Waals surface area contributed by atoms with Crippen molar-refractivity contribution in [1.82, 2.24) is 20.6 Å². The molecule has 4 heterocycles. The molecular weight excluding hydrogens is 408 g/mol. The molecule has 0 spiro atoms. The molecule has 8 heteroatoms. The quantitative estimate of drug-likeness (QED) is 0.289. The lowest BCUT2D eigenvalue weighted by Gasteiger charge is -2.20. The van der Waals surface area contributed by atoms with Gasteiger partial charge in [-0.3, -0.25) is 20.2 Å². The van der Waals surface area contributed by atoms with Gasteiger partial charge in [-0.05, 0) is 23.3 Å². The fraction of sp³-hybridized carbons (Fsp3) is 0.250. The first-order valence-corrected chi connectivity index (χ1v) is 10.6. The number of aliphatic carboxylic acids is 2. The number of aromatic nitrogens is 2. The Bertz CT molecular complexity index is 1220. The first kappa shape index (κ1) is 20.3. The van der Waals surface area contributed by atoms with Gasteiger partial charge in [-0.25, -0.2) is 0 Å². The molecule has 32 heavy (non-hydrogen) atoms. The molecule has 0 fully saturated rings. The third-order valence-corrected chi connectivity index (χ3v) is 6.27. The molecule has 4 aromatic rings. The number of benzene rings is 2. The van der Waals surface area contributed by atoms with Gasteiger partial charge >= 0.3 is 11.9 Å². The van der Waals surface area contributed by atoms with Crippen LogP contribution in [0.3, 0.4) is 0 Å². The van der Waals surface area contributed by atoms with Gasteiger partial charge in [0, 0.05) is 59.1 Å². The van der Waals surface area contributed by atoms with Crippen molar-refractivity contribution in [2.45, 2.75) is 38.0 Å². The summed E-state index contributed by atoms with van der Waals surface area (Å²) in [6, 6.07) is 15.1. The van der Waals surface area contributed by atoms with Crippen LogP contribution in [-0.2, 0) is 35.5 Å². The summed E-state index contributed by atoms with van der Waals surface area (Å²) in [4.78, 5) is 28.5. The highest BCUT2D eigenvalue weighted by Gasteiger charge is 2.27. The lowest BCUT2D eigenvalue weighted by molar-refractivity contribution is -0.140. The summed E-state index contributed by atoms with van der Waals surface area (Å²) in [7, 11) is 0. The second-order valence-corrected chi connectivity index (χ2v) is 8.21. The van der Waals surface area contributed by atoms with Crippen LogP contribution < -0.4 is 10.6 Å². The van der Waals surface area contributed by atoms with Crippen LogP contribution in [0.1, 0.15) is 22.5 Å². The lowest BCUT2D eigenvalue weighted by Crippen LogP contribution is -2.41. The number of carboxylic acids is 2. The van der Waals surface area contributed by atoms with Gasteiger partial charge < -0.3 is 20.2 Å². The number of carboxylic acid groups (broad SMARTS) is 2. The van der Waals surface area contributed by atoms with E-state index in [2.05, 4.69) is 20.6 Å². The van der Waals surface area contributed by atoms with E-state index in [-0.39, 0.29) is 0 Å². The van der Waals surface area contributed by atoms with Crippen molar-refractivity contribution in [3.8, 4) is 0 Å². The molecule has 0 saturated carbocycles. The van der Waals surface area contributed by atoms with E-state index in [1.165, 1.54) is 0 Å². The zero-order chi connectivity index (χ0) is 22.2. The number of fused-ring (bicyclic) bond motifs is 6. The predicted molar refractivity (Wildman–Crippen MR) is 121 cm³/mol. The van der Waals surface area contributed by atoms with E-state index in [0.29, 0.717) is 25.9 Å². The van der Waals surface area contributed by atoms with Crippen molar-refractivity contribution >= 4 is 33.7 Å². The summed E-state index contributed by atoms with van der Waals surface area (Å²) in [5.41, 5.74) is 6.67. The third kappa shape index (κ3) is 3.63. The molecule has 2 aromatic heterocycles. The summed E-state index contributed by atoms with van der Waals surface area (Å²) < 4.78 is 0. The Morgan fingerprint density at radius 2 is 1.09 bits per heavy atom. The molecule has 2 aromatic carbocycles. The molecule has 2 aliphatic heterocycles. The average molecular weight is 432 g/mol. The maximum Gasteiger partial charge on any atom is 0.321 e. The molecule has 8 nitrogen and oxygen atoms in total. The van der Waals surface area contributed by atoms with Gasteiger partial charge in [0.15, 0.2) is 0 Å². The van der Waals surface area contributed by atoms with Crippen LogP contribution in [-0.4, -0.2) is 44.2 Å². The maximum atomic E-state index is 10.9. The Hall–Kier alpha value is -3.62. The fourth-order valence-electron chi connectivity index (χ4n) is 4.63. The number of nitrogens with one attached hydrogen (secondary N) is 4. The zero-order valence-corrected chi connectivity index (χ0v) is 17.3. The minimum Gasteiger partial charge on any atom is -0.480 e. The standard InChI is InChI=1S/2C12H12N2O2/c2*15-12(16)10-5-8-7-3-1-2-4-9(7)14-11(8)6-13-10/h2*1-4,10,13-14H,5-6H2,(H,15,16). The monoisotopic (exact) mass is 432 g/mol. The number of aromatic amines is 2. The topological polar surface area (TPSA) is 130 Å².